The monoisotopic (exact) mass is 310 g/mol. The third kappa shape index (κ3) is 6.27. The Labute approximate surface area is 127 Å². The first-order chi connectivity index (χ1) is 9.83. The summed E-state index contributed by atoms with van der Waals surface area (Å²) in [5, 5.41) is 2.51. The van der Waals surface area contributed by atoms with Gasteiger partial charge in [0.15, 0.2) is 5.69 Å². The van der Waals surface area contributed by atoms with Crippen molar-refractivity contribution < 1.29 is 19.1 Å². The van der Waals surface area contributed by atoms with Crippen molar-refractivity contribution in [2.45, 2.75) is 33.3 Å². The molecule has 7 heteroatoms. The summed E-state index contributed by atoms with van der Waals surface area (Å²) in [6.45, 7) is 7.46. The van der Waals surface area contributed by atoms with Crippen LogP contribution in [0.1, 0.15) is 43.1 Å². The van der Waals surface area contributed by atoms with Crippen LogP contribution in [0.15, 0.2) is 5.51 Å². The normalized spacial score (nSPS) is 10.3. The first-order valence-electron chi connectivity index (χ1n) is 6.40. The number of amides is 1. The van der Waals surface area contributed by atoms with Crippen LogP contribution in [0.2, 0.25) is 0 Å². The molecular formula is C14H18N2O4S. The number of aromatic nitrogens is 1. The first kappa shape index (κ1) is 17.0. The minimum atomic E-state index is -0.549. The lowest BCUT2D eigenvalue weighted by atomic mass is 10.2. The molecule has 0 spiro atoms. The summed E-state index contributed by atoms with van der Waals surface area (Å²) in [6.07, 6.45) is -0.535. The predicted molar refractivity (Wildman–Crippen MR) is 79.2 cm³/mol. The van der Waals surface area contributed by atoms with Crippen LogP contribution < -0.4 is 5.32 Å². The van der Waals surface area contributed by atoms with Gasteiger partial charge in [0.25, 0.3) is 0 Å². The quantitative estimate of drug-likeness (QED) is 0.684. The number of rotatable bonds is 3. The molecule has 114 valence electrons. The van der Waals surface area contributed by atoms with E-state index in [2.05, 4.69) is 22.1 Å². The van der Waals surface area contributed by atoms with Crippen LogP contribution in [0.25, 0.3) is 0 Å². The summed E-state index contributed by atoms with van der Waals surface area (Å²) < 4.78 is 9.94. The molecule has 1 aromatic heterocycles. The Kier molecular flexibility index (Phi) is 6.18. The van der Waals surface area contributed by atoms with Crippen molar-refractivity contribution in [2.24, 2.45) is 0 Å². The highest BCUT2D eigenvalue weighted by Crippen LogP contribution is 2.12. The van der Waals surface area contributed by atoms with Gasteiger partial charge in [-0.25, -0.2) is 14.6 Å². The Morgan fingerprint density at radius 3 is 2.76 bits per heavy atom. The molecule has 1 N–H and O–H groups in total. The van der Waals surface area contributed by atoms with Gasteiger partial charge in [-0.3, -0.25) is 0 Å². The molecule has 0 aromatic carbocycles. The van der Waals surface area contributed by atoms with Gasteiger partial charge in [-0.15, -0.1) is 11.3 Å². The zero-order valence-electron chi connectivity index (χ0n) is 12.5. The molecule has 1 rings (SSSR count). The topological polar surface area (TPSA) is 77.5 Å². The van der Waals surface area contributed by atoms with E-state index in [1.807, 2.05) is 0 Å². The number of esters is 1. The maximum atomic E-state index is 11.6. The lowest BCUT2D eigenvalue weighted by Gasteiger charge is -2.18. The molecule has 0 saturated carbocycles. The summed E-state index contributed by atoms with van der Waals surface area (Å²) >= 11 is 1.24. The highest BCUT2D eigenvalue weighted by Gasteiger charge is 2.16. The van der Waals surface area contributed by atoms with Crippen molar-refractivity contribution >= 4 is 23.4 Å². The Morgan fingerprint density at radius 1 is 1.43 bits per heavy atom. The number of hydrogen-bond donors (Lipinski definition) is 1. The van der Waals surface area contributed by atoms with Crippen LogP contribution in [0.3, 0.4) is 0 Å². The Bertz CT molecular complexity index is 564. The van der Waals surface area contributed by atoms with Gasteiger partial charge in [0.1, 0.15) is 10.5 Å². The van der Waals surface area contributed by atoms with Crippen LogP contribution in [-0.2, 0) is 9.47 Å². The second-order valence-electron chi connectivity index (χ2n) is 4.91. The van der Waals surface area contributed by atoms with E-state index < -0.39 is 17.7 Å². The molecule has 6 nitrogen and oxygen atoms in total. The van der Waals surface area contributed by atoms with E-state index in [0.29, 0.717) is 4.88 Å². The van der Waals surface area contributed by atoms with Gasteiger partial charge in [0.05, 0.1) is 18.7 Å². The average molecular weight is 310 g/mol. The second kappa shape index (κ2) is 7.64. The van der Waals surface area contributed by atoms with Crippen molar-refractivity contribution in [2.75, 3.05) is 13.2 Å². The number of alkyl carbamates (subject to hydrolysis) is 1. The molecule has 1 heterocycles. The highest BCUT2D eigenvalue weighted by molar-refractivity contribution is 7.10. The van der Waals surface area contributed by atoms with Crippen molar-refractivity contribution in [1.29, 1.82) is 0 Å². The minimum absolute atomic E-state index is 0.120. The maximum absolute atomic E-state index is 11.6. The second-order valence-corrected chi connectivity index (χ2v) is 5.76. The average Bonchev–Trinajstić information content (AvgIpc) is 2.81. The Balaban J connectivity index is 2.55. The van der Waals surface area contributed by atoms with E-state index in [1.54, 1.807) is 27.7 Å². The predicted octanol–water partition coefficient (Wildman–Crippen LogP) is 2.20. The molecule has 0 bridgehead atoms. The Morgan fingerprint density at radius 2 is 2.14 bits per heavy atom. The minimum Gasteiger partial charge on any atom is -0.461 e. The van der Waals surface area contributed by atoms with E-state index in [-0.39, 0.29) is 18.8 Å². The number of nitrogens with one attached hydrogen (secondary N) is 1. The molecule has 21 heavy (non-hydrogen) atoms. The summed E-state index contributed by atoms with van der Waals surface area (Å²) in [6, 6.07) is 0. The van der Waals surface area contributed by atoms with Gasteiger partial charge in [-0.05, 0) is 27.7 Å². The lowest BCUT2D eigenvalue weighted by Crippen LogP contribution is -2.32. The van der Waals surface area contributed by atoms with Gasteiger partial charge in [0.2, 0.25) is 0 Å². The third-order valence-corrected chi connectivity index (χ3v) is 2.70. The highest BCUT2D eigenvalue weighted by atomic mass is 32.1. The van der Waals surface area contributed by atoms with Crippen molar-refractivity contribution in [1.82, 2.24) is 10.3 Å². The number of hydrogen-bond acceptors (Lipinski definition) is 6. The standard InChI is InChI=1S/C14H18N2O4S/c1-5-19-12(17)11-10(21-9-16-11)7-6-8-15-13(18)20-14(2,3)4/h9H,5,8H2,1-4H3,(H,15,18). The molecule has 0 aliphatic heterocycles. The van der Waals surface area contributed by atoms with Gasteiger partial charge < -0.3 is 14.8 Å². The van der Waals surface area contributed by atoms with Gasteiger partial charge in [0, 0.05) is 0 Å². The van der Waals surface area contributed by atoms with E-state index in [1.165, 1.54) is 16.8 Å². The molecule has 1 aromatic rings. The number of ether oxygens (including phenoxy) is 2. The molecule has 1 amide bonds. The van der Waals surface area contributed by atoms with Crippen LogP contribution >= 0.6 is 11.3 Å². The zero-order valence-corrected chi connectivity index (χ0v) is 13.3. The first-order valence-corrected chi connectivity index (χ1v) is 7.27. The molecule has 0 aliphatic carbocycles. The molecule has 0 aliphatic rings. The molecular weight excluding hydrogens is 292 g/mol. The van der Waals surface area contributed by atoms with Gasteiger partial charge >= 0.3 is 12.1 Å². The van der Waals surface area contributed by atoms with E-state index in [9.17, 15) is 9.59 Å². The fraction of sp³-hybridized carbons (Fsp3) is 0.500. The number of carbonyl (C=O) groups excluding carboxylic acids is 2. The number of thiazole rings is 1. The molecule has 0 radical (unpaired) electrons. The molecule has 0 fully saturated rings. The van der Waals surface area contributed by atoms with Gasteiger partial charge in [-0.1, -0.05) is 11.8 Å². The zero-order chi connectivity index (χ0) is 15.9. The van der Waals surface area contributed by atoms with Crippen molar-refractivity contribution in [3.05, 3.63) is 16.1 Å². The largest absolute Gasteiger partial charge is 0.461 e. The SMILES string of the molecule is CCOC(=O)c1ncsc1C#CCNC(=O)OC(C)(C)C. The lowest BCUT2D eigenvalue weighted by molar-refractivity contribution is 0.0514. The maximum Gasteiger partial charge on any atom is 0.408 e. The fourth-order valence-electron chi connectivity index (χ4n) is 1.23. The summed E-state index contributed by atoms with van der Waals surface area (Å²) in [5.74, 6) is 5.03. The van der Waals surface area contributed by atoms with Gasteiger partial charge in [-0.2, -0.15) is 0 Å². The Hall–Kier alpha value is -2.07. The van der Waals surface area contributed by atoms with Crippen LogP contribution in [0.5, 0.6) is 0 Å². The van der Waals surface area contributed by atoms with E-state index in [0.717, 1.165) is 0 Å². The summed E-state index contributed by atoms with van der Waals surface area (Å²) in [7, 11) is 0. The molecule has 0 unspecified atom stereocenters. The smallest absolute Gasteiger partial charge is 0.408 e. The number of nitrogens with zero attached hydrogens (tertiary/aromatic N) is 1. The molecule has 0 atom stereocenters. The summed E-state index contributed by atoms with van der Waals surface area (Å²) in [5.41, 5.74) is 1.18. The summed E-state index contributed by atoms with van der Waals surface area (Å²) in [4.78, 5) is 27.4. The molecule has 0 saturated heterocycles. The van der Waals surface area contributed by atoms with Crippen LogP contribution in [-0.4, -0.2) is 35.8 Å². The van der Waals surface area contributed by atoms with E-state index in [4.69, 9.17) is 9.47 Å². The van der Waals surface area contributed by atoms with E-state index >= 15 is 0 Å². The third-order valence-electron chi connectivity index (χ3n) is 1.96. The van der Waals surface area contributed by atoms with Crippen molar-refractivity contribution in [3.8, 4) is 11.8 Å². The van der Waals surface area contributed by atoms with Crippen LogP contribution in [0.4, 0.5) is 4.79 Å². The van der Waals surface area contributed by atoms with Crippen molar-refractivity contribution in [3.63, 3.8) is 0 Å². The fourth-order valence-corrected chi connectivity index (χ4v) is 1.88. The van der Waals surface area contributed by atoms with Crippen LogP contribution in [0, 0.1) is 11.8 Å². The number of carbonyl (C=O) groups is 2.